The van der Waals surface area contributed by atoms with Crippen LogP contribution in [-0.2, 0) is 0 Å². The third kappa shape index (κ3) is 6.22. The van der Waals surface area contributed by atoms with Crippen LogP contribution in [0, 0.1) is 11.8 Å². The largest absolute Gasteiger partial charge is 0.350 e. The van der Waals surface area contributed by atoms with Crippen LogP contribution in [0.4, 0.5) is 4.79 Å². The molecule has 0 radical (unpaired) electrons. The standard InChI is InChI=1S/C15H25N3O/c1-11(2)5-4-6-13-7-8-14(12(3)9-13)10-17-18-15(16)19/h5,7,10,12,14H,4,6,8-9H2,1-3H3,(H3,16,18,19)/b17-10-/t12-,14+/m0/s1. The Balaban J connectivity index is 2.43. The maximum Gasteiger partial charge on any atom is 0.332 e. The zero-order valence-corrected chi connectivity index (χ0v) is 12.1. The monoisotopic (exact) mass is 263 g/mol. The molecule has 0 spiro atoms. The van der Waals surface area contributed by atoms with Crippen molar-refractivity contribution in [3.05, 3.63) is 23.3 Å². The van der Waals surface area contributed by atoms with Crippen LogP contribution in [0.2, 0.25) is 0 Å². The number of rotatable bonds is 5. The van der Waals surface area contributed by atoms with Gasteiger partial charge in [-0.2, -0.15) is 5.10 Å². The van der Waals surface area contributed by atoms with E-state index in [1.807, 2.05) is 0 Å². The lowest BCUT2D eigenvalue weighted by atomic mass is 9.80. The minimum absolute atomic E-state index is 0.388. The van der Waals surface area contributed by atoms with E-state index in [1.54, 1.807) is 6.21 Å². The first-order chi connectivity index (χ1) is 8.99. The van der Waals surface area contributed by atoms with Gasteiger partial charge in [0, 0.05) is 12.1 Å². The first kappa shape index (κ1) is 15.5. The van der Waals surface area contributed by atoms with Crippen LogP contribution in [0.15, 0.2) is 28.4 Å². The molecule has 0 saturated carbocycles. The summed E-state index contributed by atoms with van der Waals surface area (Å²) in [6.07, 6.45) is 10.8. The van der Waals surface area contributed by atoms with Crippen molar-refractivity contribution < 1.29 is 4.79 Å². The summed E-state index contributed by atoms with van der Waals surface area (Å²) < 4.78 is 0. The van der Waals surface area contributed by atoms with E-state index >= 15 is 0 Å². The lowest BCUT2D eigenvalue weighted by Crippen LogP contribution is -2.26. The molecule has 0 fully saturated rings. The zero-order valence-electron chi connectivity index (χ0n) is 12.1. The molecule has 0 bridgehead atoms. The lowest BCUT2D eigenvalue weighted by Gasteiger charge is -2.25. The van der Waals surface area contributed by atoms with Gasteiger partial charge in [-0.3, -0.25) is 0 Å². The van der Waals surface area contributed by atoms with E-state index in [2.05, 4.69) is 43.5 Å². The number of primary amides is 1. The van der Waals surface area contributed by atoms with Crippen molar-refractivity contribution >= 4 is 12.2 Å². The lowest BCUT2D eigenvalue weighted by molar-refractivity contribution is 0.249. The molecule has 1 rings (SSSR count). The van der Waals surface area contributed by atoms with E-state index in [9.17, 15) is 4.79 Å². The van der Waals surface area contributed by atoms with Crippen LogP contribution in [0.5, 0.6) is 0 Å². The fraction of sp³-hybridized carbons (Fsp3) is 0.600. The number of hydrazone groups is 1. The van der Waals surface area contributed by atoms with Crippen molar-refractivity contribution in [3.63, 3.8) is 0 Å². The summed E-state index contributed by atoms with van der Waals surface area (Å²) >= 11 is 0. The Kier molecular flexibility index (Phi) is 6.33. The second-order valence-corrected chi connectivity index (χ2v) is 5.52. The van der Waals surface area contributed by atoms with E-state index in [1.165, 1.54) is 11.1 Å². The molecule has 106 valence electrons. The molecule has 1 aliphatic carbocycles. The molecule has 0 aromatic heterocycles. The number of hydrogen-bond acceptors (Lipinski definition) is 2. The quantitative estimate of drug-likeness (QED) is 0.446. The maximum atomic E-state index is 10.5. The third-order valence-corrected chi connectivity index (χ3v) is 3.45. The molecule has 0 aromatic carbocycles. The summed E-state index contributed by atoms with van der Waals surface area (Å²) in [4.78, 5) is 10.5. The molecule has 0 aromatic rings. The Hall–Kier alpha value is -1.58. The third-order valence-electron chi connectivity index (χ3n) is 3.45. The van der Waals surface area contributed by atoms with E-state index in [0.717, 1.165) is 25.7 Å². The predicted octanol–water partition coefficient (Wildman–Crippen LogP) is 3.36. The zero-order chi connectivity index (χ0) is 14.3. The molecule has 4 heteroatoms. The highest BCUT2D eigenvalue weighted by atomic mass is 16.2. The number of carbonyl (C=O) groups excluding carboxylic acids is 1. The molecule has 3 N–H and O–H groups in total. The van der Waals surface area contributed by atoms with E-state index < -0.39 is 6.03 Å². The van der Waals surface area contributed by atoms with E-state index in [0.29, 0.717) is 11.8 Å². The minimum atomic E-state index is -0.613. The molecule has 2 atom stereocenters. The highest BCUT2D eigenvalue weighted by molar-refractivity contribution is 5.73. The van der Waals surface area contributed by atoms with Crippen LogP contribution in [0.3, 0.4) is 0 Å². The number of allylic oxidation sites excluding steroid dienone is 4. The molecule has 0 heterocycles. The normalized spacial score (nSPS) is 23.0. The molecule has 19 heavy (non-hydrogen) atoms. The Morgan fingerprint density at radius 3 is 2.89 bits per heavy atom. The Morgan fingerprint density at radius 2 is 2.32 bits per heavy atom. The molecule has 0 saturated heterocycles. The van der Waals surface area contributed by atoms with Gasteiger partial charge in [0.2, 0.25) is 0 Å². The molecule has 2 amide bonds. The summed E-state index contributed by atoms with van der Waals surface area (Å²) in [5.74, 6) is 0.948. The van der Waals surface area contributed by atoms with E-state index in [4.69, 9.17) is 5.73 Å². The van der Waals surface area contributed by atoms with Crippen molar-refractivity contribution in [2.75, 3.05) is 0 Å². The summed E-state index contributed by atoms with van der Waals surface area (Å²) in [7, 11) is 0. The molecular weight excluding hydrogens is 238 g/mol. The van der Waals surface area contributed by atoms with Gasteiger partial charge in [0.25, 0.3) is 0 Å². The second kappa shape index (κ2) is 7.77. The Bertz CT molecular complexity index is 392. The number of urea groups is 1. The number of nitrogens with zero attached hydrogens (tertiary/aromatic N) is 1. The highest BCUT2D eigenvalue weighted by Crippen LogP contribution is 2.30. The fourth-order valence-electron chi connectivity index (χ4n) is 2.34. The topological polar surface area (TPSA) is 67.5 Å². The van der Waals surface area contributed by atoms with Crippen molar-refractivity contribution in [1.82, 2.24) is 5.43 Å². The van der Waals surface area contributed by atoms with Crippen LogP contribution < -0.4 is 11.2 Å². The van der Waals surface area contributed by atoms with Gasteiger partial charge in [0.15, 0.2) is 0 Å². The molecule has 1 aliphatic rings. The minimum Gasteiger partial charge on any atom is -0.350 e. The average molecular weight is 263 g/mol. The van der Waals surface area contributed by atoms with Gasteiger partial charge in [-0.1, -0.05) is 30.2 Å². The van der Waals surface area contributed by atoms with E-state index in [-0.39, 0.29) is 0 Å². The number of nitrogens with two attached hydrogens (primary N) is 1. The van der Waals surface area contributed by atoms with Gasteiger partial charge in [-0.25, -0.2) is 10.2 Å². The van der Waals surface area contributed by atoms with Gasteiger partial charge in [0.05, 0.1) is 0 Å². The average Bonchev–Trinajstić information content (AvgIpc) is 2.31. The first-order valence-corrected chi connectivity index (χ1v) is 6.89. The van der Waals surface area contributed by atoms with Crippen molar-refractivity contribution in [3.8, 4) is 0 Å². The number of amides is 2. The number of carbonyl (C=O) groups is 1. The van der Waals surface area contributed by atoms with Crippen molar-refractivity contribution in [2.45, 2.75) is 46.5 Å². The van der Waals surface area contributed by atoms with Crippen molar-refractivity contribution in [1.29, 1.82) is 0 Å². The Labute approximate surface area is 115 Å². The van der Waals surface area contributed by atoms with Gasteiger partial charge >= 0.3 is 6.03 Å². The molecule has 0 unspecified atom stereocenters. The molecular formula is C15H25N3O. The summed E-state index contributed by atoms with van der Waals surface area (Å²) in [5.41, 5.74) is 10.1. The molecule has 0 aliphatic heterocycles. The van der Waals surface area contributed by atoms with Crippen LogP contribution >= 0.6 is 0 Å². The van der Waals surface area contributed by atoms with Gasteiger partial charge in [0.1, 0.15) is 0 Å². The highest BCUT2D eigenvalue weighted by Gasteiger charge is 2.20. The van der Waals surface area contributed by atoms with Crippen LogP contribution in [-0.4, -0.2) is 12.2 Å². The van der Waals surface area contributed by atoms with Gasteiger partial charge in [-0.15, -0.1) is 0 Å². The van der Waals surface area contributed by atoms with Crippen LogP contribution in [0.25, 0.3) is 0 Å². The summed E-state index contributed by atoms with van der Waals surface area (Å²) in [6, 6.07) is -0.613. The SMILES string of the molecule is CC(C)=CCCC1=CC[C@H](/C=N\NC(N)=O)[C@@H](C)C1. The van der Waals surface area contributed by atoms with Gasteiger partial charge in [-0.05, 0) is 45.4 Å². The predicted molar refractivity (Wildman–Crippen MR) is 79.8 cm³/mol. The summed E-state index contributed by atoms with van der Waals surface area (Å²) in [5, 5.41) is 3.87. The van der Waals surface area contributed by atoms with Gasteiger partial charge < -0.3 is 5.73 Å². The number of nitrogens with one attached hydrogen (secondary N) is 1. The first-order valence-electron chi connectivity index (χ1n) is 6.89. The maximum absolute atomic E-state index is 10.5. The molecule has 4 nitrogen and oxygen atoms in total. The fourth-order valence-corrected chi connectivity index (χ4v) is 2.34. The second-order valence-electron chi connectivity index (χ2n) is 5.52. The van der Waals surface area contributed by atoms with Crippen LogP contribution in [0.1, 0.15) is 46.5 Å². The smallest absolute Gasteiger partial charge is 0.332 e. The Morgan fingerprint density at radius 1 is 1.58 bits per heavy atom. The van der Waals surface area contributed by atoms with Crippen molar-refractivity contribution in [2.24, 2.45) is 22.7 Å². The number of hydrogen-bond donors (Lipinski definition) is 2. The summed E-state index contributed by atoms with van der Waals surface area (Å²) in [6.45, 7) is 6.50.